The highest BCUT2D eigenvalue weighted by Gasteiger charge is 2.58. The van der Waals surface area contributed by atoms with Crippen LogP contribution in [0.1, 0.15) is 40.0 Å². The third-order valence-electron chi connectivity index (χ3n) is 4.38. The van der Waals surface area contributed by atoms with E-state index in [0.717, 1.165) is 11.8 Å². The van der Waals surface area contributed by atoms with Crippen LogP contribution in [0.2, 0.25) is 0 Å². The summed E-state index contributed by atoms with van der Waals surface area (Å²) in [5, 5.41) is 11.9. The van der Waals surface area contributed by atoms with Gasteiger partial charge in [0, 0.05) is 25.6 Å². The van der Waals surface area contributed by atoms with Crippen LogP contribution < -0.4 is 5.32 Å². The molecule has 3 amide bonds. The summed E-state index contributed by atoms with van der Waals surface area (Å²) in [4.78, 5) is 46.9. The molecule has 0 aromatic carbocycles. The van der Waals surface area contributed by atoms with Gasteiger partial charge in [-0.1, -0.05) is 18.7 Å². The highest BCUT2D eigenvalue weighted by atomic mass is 32.2. The van der Waals surface area contributed by atoms with E-state index in [4.69, 9.17) is 4.74 Å². The number of carboxylic acid groups (broad SMARTS) is 1. The van der Waals surface area contributed by atoms with Crippen LogP contribution in [0.3, 0.4) is 0 Å². The van der Waals surface area contributed by atoms with Crippen molar-refractivity contribution >= 4 is 35.0 Å². The van der Waals surface area contributed by atoms with E-state index in [1.165, 1.54) is 14.0 Å². The van der Waals surface area contributed by atoms with Crippen LogP contribution in [0, 0.1) is 0 Å². The lowest BCUT2D eigenvalue weighted by Crippen LogP contribution is -2.60. The van der Waals surface area contributed by atoms with Gasteiger partial charge in [0.15, 0.2) is 11.2 Å². The zero-order chi connectivity index (χ0) is 18.5. The second-order valence-corrected chi connectivity index (χ2v) is 7.57. The first-order valence-electron chi connectivity index (χ1n) is 7.85. The molecule has 4 atom stereocenters. The Morgan fingerprint density at radius 3 is 2.50 bits per heavy atom. The smallest absolute Gasteiger partial charge is 0.440 e. The number of alkyl carbamates (subject to hydrolysis) is 1. The number of carbonyl (C=O) groups is 4. The summed E-state index contributed by atoms with van der Waals surface area (Å²) in [6.07, 6.45) is -1.72. The number of carbonyl (C=O) groups excluding carboxylic acids is 3. The van der Waals surface area contributed by atoms with Crippen LogP contribution in [0.4, 0.5) is 9.59 Å². The number of nitrogens with one attached hydrogen (secondary N) is 1. The Bertz CT molecular complexity index is 526. The van der Waals surface area contributed by atoms with Gasteiger partial charge in [-0.15, -0.1) is 0 Å². The molecule has 1 fully saturated rings. The maximum Gasteiger partial charge on any atom is 0.521 e. The fraction of sp³-hybridized carbons (Fsp3) is 0.733. The minimum atomic E-state index is -1.23. The van der Waals surface area contributed by atoms with E-state index in [1.54, 1.807) is 6.92 Å². The lowest BCUT2D eigenvalue weighted by molar-refractivity contribution is -0.794. The standard InChI is InChI=1S/C15H24N2O6S/c1-9(24-11(3)18)5-6-13(19)17(15(21)22)8-7-12(10(17)2)23-14(20)16-4/h9-10,12H,5-8H2,1-4H3,(H-,16,20,21,22)/p+1/t9?,10-,12+,17-/m1/s1. The average molecular weight is 361 g/mol. The molecule has 1 aliphatic rings. The molecule has 24 heavy (non-hydrogen) atoms. The Labute approximate surface area is 145 Å². The first-order chi connectivity index (χ1) is 11.1. The number of quaternary nitrogens is 1. The molecule has 1 rings (SSSR count). The van der Waals surface area contributed by atoms with Crippen LogP contribution in [0.5, 0.6) is 0 Å². The Morgan fingerprint density at radius 1 is 1.38 bits per heavy atom. The molecule has 9 heteroatoms. The molecule has 0 radical (unpaired) electrons. The fourth-order valence-electron chi connectivity index (χ4n) is 3.01. The summed E-state index contributed by atoms with van der Waals surface area (Å²) >= 11 is 1.14. The molecule has 0 spiro atoms. The molecular weight excluding hydrogens is 336 g/mol. The molecule has 8 nitrogen and oxygen atoms in total. The SMILES string of the molecule is CNC(=O)O[C@H]1CC[N@+](C(=O)O)(C(=O)CCC(C)SC(C)=O)[C@@H]1C. The summed E-state index contributed by atoms with van der Waals surface area (Å²) < 4.78 is 4.44. The highest BCUT2D eigenvalue weighted by Crippen LogP contribution is 2.32. The Hall–Kier alpha value is -1.61. The van der Waals surface area contributed by atoms with Crippen molar-refractivity contribution in [3.8, 4) is 0 Å². The number of hydrogen-bond acceptors (Lipinski definition) is 6. The predicted octanol–water partition coefficient (Wildman–Crippen LogP) is 1.97. The van der Waals surface area contributed by atoms with E-state index < -0.39 is 34.7 Å². The minimum Gasteiger partial charge on any atom is -0.440 e. The molecule has 1 aliphatic heterocycles. The molecule has 136 valence electrons. The number of nitrogens with zero attached hydrogens (tertiary/aromatic N) is 1. The van der Waals surface area contributed by atoms with E-state index in [-0.39, 0.29) is 23.3 Å². The van der Waals surface area contributed by atoms with E-state index >= 15 is 0 Å². The number of rotatable bonds is 5. The van der Waals surface area contributed by atoms with Crippen molar-refractivity contribution in [3.63, 3.8) is 0 Å². The summed E-state index contributed by atoms with van der Waals surface area (Å²) in [5.74, 6) is -0.422. The summed E-state index contributed by atoms with van der Waals surface area (Å²) in [6.45, 7) is 4.98. The zero-order valence-electron chi connectivity index (χ0n) is 14.4. The largest absolute Gasteiger partial charge is 0.521 e. The normalized spacial score (nSPS) is 27.3. The molecule has 0 aliphatic carbocycles. The first kappa shape index (κ1) is 20.4. The predicted molar refractivity (Wildman–Crippen MR) is 88.5 cm³/mol. The minimum absolute atomic E-state index is 0.0364. The van der Waals surface area contributed by atoms with Gasteiger partial charge < -0.3 is 15.2 Å². The van der Waals surface area contributed by atoms with Gasteiger partial charge in [-0.3, -0.25) is 4.79 Å². The zero-order valence-corrected chi connectivity index (χ0v) is 15.2. The Morgan fingerprint density at radius 2 is 2.00 bits per heavy atom. The molecule has 0 aromatic heterocycles. The Kier molecular flexibility index (Phi) is 7.22. The van der Waals surface area contributed by atoms with Crippen molar-refractivity contribution in [1.82, 2.24) is 5.32 Å². The van der Waals surface area contributed by atoms with Gasteiger partial charge in [-0.25, -0.2) is 9.59 Å². The van der Waals surface area contributed by atoms with Gasteiger partial charge in [0.2, 0.25) is 0 Å². The number of hydrogen-bond donors (Lipinski definition) is 2. The molecule has 2 N–H and O–H groups in total. The number of imide groups is 1. The number of ether oxygens (including phenoxy) is 1. The number of amides is 3. The van der Waals surface area contributed by atoms with Crippen LogP contribution in [0.15, 0.2) is 0 Å². The molecule has 1 heterocycles. The maximum atomic E-state index is 12.7. The topological polar surface area (TPSA) is 110 Å². The van der Waals surface area contributed by atoms with Crippen LogP contribution in [-0.2, 0) is 14.3 Å². The lowest BCUT2D eigenvalue weighted by Gasteiger charge is -2.31. The van der Waals surface area contributed by atoms with Crippen molar-refractivity contribution < 1.29 is 33.5 Å². The summed E-state index contributed by atoms with van der Waals surface area (Å²) in [5.41, 5.74) is 0. The van der Waals surface area contributed by atoms with E-state index in [0.29, 0.717) is 12.8 Å². The van der Waals surface area contributed by atoms with Gasteiger partial charge in [-0.2, -0.15) is 9.28 Å². The molecule has 0 bridgehead atoms. The molecule has 1 unspecified atom stereocenters. The van der Waals surface area contributed by atoms with Crippen molar-refractivity contribution in [2.45, 2.75) is 57.4 Å². The second-order valence-electron chi connectivity index (χ2n) is 5.95. The van der Waals surface area contributed by atoms with Crippen LogP contribution >= 0.6 is 11.8 Å². The van der Waals surface area contributed by atoms with Gasteiger partial charge in [-0.05, 0) is 13.3 Å². The van der Waals surface area contributed by atoms with E-state index in [9.17, 15) is 24.3 Å². The lowest BCUT2D eigenvalue weighted by atomic mass is 10.1. The average Bonchev–Trinajstić information content (AvgIpc) is 2.82. The van der Waals surface area contributed by atoms with Crippen molar-refractivity contribution in [2.75, 3.05) is 13.6 Å². The van der Waals surface area contributed by atoms with Gasteiger partial charge in [0.25, 0.3) is 0 Å². The Balaban J connectivity index is 2.82. The van der Waals surface area contributed by atoms with Crippen molar-refractivity contribution in [1.29, 1.82) is 0 Å². The van der Waals surface area contributed by atoms with Gasteiger partial charge in [0.05, 0.1) is 6.42 Å². The van der Waals surface area contributed by atoms with Crippen LogP contribution in [0.25, 0.3) is 0 Å². The van der Waals surface area contributed by atoms with Gasteiger partial charge in [0.1, 0.15) is 12.6 Å². The van der Waals surface area contributed by atoms with Crippen molar-refractivity contribution in [2.24, 2.45) is 0 Å². The summed E-state index contributed by atoms with van der Waals surface area (Å²) in [7, 11) is 1.42. The molecule has 1 saturated heterocycles. The fourth-order valence-corrected chi connectivity index (χ4v) is 3.81. The maximum absolute atomic E-state index is 12.7. The van der Waals surface area contributed by atoms with Crippen molar-refractivity contribution in [3.05, 3.63) is 0 Å². The highest BCUT2D eigenvalue weighted by molar-refractivity contribution is 8.14. The quantitative estimate of drug-likeness (QED) is 0.720. The molecular formula is C15H25N2O6S+. The summed E-state index contributed by atoms with van der Waals surface area (Å²) in [6, 6.07) is -0.664. The van der Waals surface area contributed by atoms with Gasteiger partial charge >= 0.3 is 18.1 Å². The monoisotopic (exact) mass is 361 g/mol. The van der Waals surface area contributed by atoms with E-state index in [1.807, 2.05) is 6.92 Å². The number of thioether (sulfide) groups is 1. The third kappa shape index (κ3) is 4.47. The van der Waals surface area contributed by atoms with Crippen LogP contribution in [-0.4, -0.2) is 63.8 Å². The third-order valence-corrected chi connectivity index (χ3v) is 5.35. The molecule has 0 saturated carbocycles. The first-order valence-corrected chi connectivity index (χ1v) is 8.73. The molecule has 0 aromatic rings. The van der Waals surface area contributed by atoms with E-state index in [2.05, 4.69) is 5.32 Å². The second kappa shape index (κ2) is 8.48. The number of likely N-dealkylation sites (tertiary alicyclic amines) is 1.